The van der Waals surface area contributed by atoms with E-state index in [2.05, 4.69) is 14.8 Å². The maximum Gasteiger partial charge on any atom is 0.153 e. The molecule has 102 valence electrons. The summed E-state index contributed by atoms with van der Waals surface area (Å²) in [6.45, 7) is 3.70. The number of hydrogen-bond acceptors (Lipinski definition) is 4. The number of rotatable bonds is 6. The lowest BCUT2D eigenvalue weighted by Crippen LogP contribution is -2.18. The van der Waals surface area contributed by atoms with E-state index < -0.39 is 0 Å². The molecule has 0 spiro atoms. The molecule has 0 unspecified atom stereocenters. The molecule has 0 radical (unpaired) electrons. The van der Waals surface area contributed by atoms with Crippen LogP contribution in [-0.4, -0.2) is 35.1 Å². The monoisotopic (exact) mass is 253 g/mol. The van der Waals surface area contributed by atoms with Crippen LogP contribution in [0.4, 0.5) is 0 Å². The van der Waals surface area contributed by atoms with Gasteiger partial charge in [-0.25, -0.2) is 9.67 Å². The molecule has 0 bridgehead atoms. The van der Waals surface area contributed by atoms with Gasteiger partial charge in [-0.05, 0) is 19.8 Å². The molecule has 0 N–H and O–H groups in total. The van der Waals surface area contributed by atoms with Crippen LogP contribution in [0.2, 0.25) is 0 Å². The van der Waals surface area contributed by atoms with E-state index in [-0.39, 0.29) is 0 Å². The van der Waals surface area contributed by atoms with E-state index in [1.165, 1.54) is 32.1 Å². The summed E-state index contributed by atoms with van der Waals surface area (Å²) >= 11 is 0. The van der Waals surface area contributed by atoms with Gasteiger partial charge in [0, 0.05) is 7.11 Å². The molecule has 0 aliphatic heterocycles. The summed E-state index contributed by atoms with van der Waals surface area (Å²) in [7, 11) is 1.68. The summed E-state index contributed by atoms with van der Waals surface area (Å²) in [5.41, 5.74) is 0. The Morgan fingerprint density at radius 1 is 1.22 bits per heavy atom. The SMILES string of the molecule is COCCOCc1nc(C)nn1C1CCCCC1. The third-order valence-electron chi connectivity index (χ3n) is 3.39. The van der Waals surface area contributed by atoms with Gasteiger partial charge in [0.05, 0.1) is 19.3 Å². The summed E-state index contributed by atoms with van der Waals surface area (Å²) in [6, 6.07) is 0.515. The lowest BCUT2D eigenvalue weighted by Gasteiger charge is -2.23. The normalized spacial score (nSPS) is 17.2. The van der Waals surface area contributed by atoms with E-state index >= 15 is 0 Å². The molecule has 1 aromatic heterocycles. The van der Waals surface area contributed by atoms with Crippen molar-refractivity contribution in [2.24, 2.45) is 0 Å². The summed E-state index contributed by atoms with van der Waals surface area (Å²) < 4.78 is 12.6. The smallest absolute Gasteiger partial charge is 0.153 e. The Balaban J connectivity index is 1.95. The van der Waals surface area contributed by atoms with Crippen LogP contribution < -0.4 is 0 Å². The van der Waals surface area contributed by atoms with E-state index in [0.717, 1.165) is 11.6 Å². The maximum atomic E-state index is 5.56. The number of aryl methyl sites for hydroxylation is 1. The molecular weight excluding hydrogens is 230 g/mol. The van der Waals surface area contributed by atoms with Crippen molar-refractivity contribution in [3.63, 3.8) is 0 Å². The molecule has 0 saturated heterocycles. The van der Waals surface area contributed by atoms with Crippen molar-refractivity contribution in [2.45, 2.75) is 51.7 Å². The van der Waals surface area contributed by atoms with Gasteiger partial charge >= 0.3 is 0 Å². The maximum absolute atomic E-state index is 5.56. The van der Waals surface area contributed by atoms with Crippen molar-refractivity contribution in [2.75, 3.05) is 20.3 Å². The van der Waals surface area contributed by atoms with Crippen LogP contribution in [0.1, 0.15) is 49.8 Å². The van der Waals surface area contributed by atoms with Crippen LogP contribution in [0.5, 0.6) is 0 Å². The van der Waals surface area contributed by atoms with Crippen LogP contribution in [0.25, 0.3) is 0 Å². The van der Waals surface area contributed by atoms with Crippen LogP contribution in [0, 0.1) is 6.92 Å². The molecule has 1 saturated carbocycles. The third-order valence-corrected chi connectivity index (χ3v) is 3.39. The zero-order valence-electron chi connectivity index (χ0n) is 11.4. The average Bonchev–Trinajstić information content (AvgIpc) is 2.77. The fourth-order valence-corrected chi connectivity index (χ4v) is 2.50. The van der Waals surface area contributed by atoms with Crippen molar-refractivity contribution < 1.29 is 9.47 Å². The van der Waals surface area contributed by atoms with E-state index in [1.54, 1.807) is 7.11 Å². The van der Waals surface area contributed by atoms with E-state index in [0.29, 0.717) is 25.9 Å². The minimum atomic E-state index is 0.515. The Morgan fingerprint density at radius 2 is 2.00 bits per heavy atom. The topological polar surface area (TPSA) is 49.2 Å². The second kappa shape index (κ2) is 6.85. The lowest BCUT2D eigenvalue weighted by atomic mass is 9.96. The van der Waals surface area contributed by atoms with Gasteiger partial charge in [-0.3, -0.25) is 0 Å². The average molecular weight is 253 g/mol. The van der Waals surface area contributed by atoms with E-state index in [1.807, 2.05) is 6.92 Å². The summed E-state index contributed by atoms with van der Waals surface area (Å²) in [5, 5.41) is 4.53. The van der Waals surface area contributed by atoms with Crippen molar-refractivity contribution in [1.29, 1.82) is 0 Å². The standard InChI is InChI=1S/C13H23N3O2/c1-11-14-13(10-18-9-8-17-2)16(15-11)12-6-4-3-5-7-12/h12H,3-10H2,1-2H3. The minimum absolute atomic E-state index is 0.515. The zero-order valence-corrected chi connectivity index (χ0v) is 11.4. The van der Waals surface area contributed by atoms with E-state index in [9.17, 15) is 0 Å². The molecular formula is C13H23N3O2. The number of hydrogen-bond donors (Lipinski definition) is 0. The zero-order chi connectivity index (χ0) is 12.8. The summed E-state index contributed by atoms with van der Waals surface area (Å²) in [4.78, 5) is 4.47. The number of ether oxygens (including phenoxy) is 2. The van der Waals surface area contributed by atoms with Crippen LogP contribution >= 0.6 is 0 Å². The van der Waals surface area contributed by atoms with Gasteiger partial charge in [0.25, 0.3) is 0 Å². The second-order valence-electron chi connectivity index (χ2n) is 4.86. The number of nitrogens with zero attached hydrogens (tertiary/aromatic N) is 3. The molecule has 18 heavy (non-hydrogen) atoms. The Bertz CT molecular complexity index is 359. The van der Waals surface area contributed by atoms with Crippen molar-refractivity contribution in [1.82, 2.24) is 14.8 Å². The first kappa shape index (κ1) is 13.5. The Kier molecular flexibility index (Phi) is 5.13. The number of methoxy groups -OCH3 is 1. The third kappa shape index (κ3) is 3.53. The minimum Gasteiger partial charge on any atom is -0.382 e. The van der Waals surface area contributed by atoms with Gasteiger partial charge in [-0.2, -0.15) is 5.10 Å². The van der Waals surface area contributed by atoms with Gasteiger partial charge in [0.2, 0.25) is 0 Å². The predicted octanol–water partition coefficient (Wildman–Crippen LogP) is 2.25. The molecule has 5 heteroatoms. The molecule has 1 heterocycles. The lowest BCUT2D eigenvalue weighted by molar-refractivity contribution is 0.0557. The number of aromatic nitrogens is 3. The van der Waals surface area contributed by atoms with E-state index in [4.69, 9.17) is 9.47 Å². The van der Waals surface area contributed by atoms with Gasteiger partial charge in [-0.15, -0.1) is 0 Å². The van der Waals surface area contributed by atoms with Crippen LogP contribution in [-0.2, 0) is 16.1 Å². The molecule has 5 nitrogen and oxygen atoms in total. The second-order valence-corrected chi connectivity index (χ2v) is 4.86. The van der Waals surface area contributed by atoms with Crippen LogP contribution in [0.3, 0.4) is 0 Å². The summed E-state index contributed by atoms with van der Waals surface area (Å²) in [6.07, 6.45) is 6.38. The molecule has 0 aromatic carbocycles. The fourth-order valence-electron chi connectivity index (χ4n) is 2.50. The molecule has 1 aliphatic rings. The molecule has 1 fully saturated rings. The van der Waals surface area contributed by atoms with Crippen LogP contribution in [0.15, 0.2) is 0 Å². The Hall–Kier alpha value is -0.940. The van der Waals surface area contributed by atoms with Crippen molar-refractivity contribution in [3.05, 3.63) is 11.6 Å². The Morgan fingerprint density at radius 3 is 2.72 bits per heavy atom. The molecule has 1 aliphatic carbocycles. The van der Waals surface area contributed by atoms with Gasteiger partial charge in [0.15, 0.2) is 5.82 Å². The van der Waals surface area contributed by atoms with Crippen molar-refractivity contribution >= 4 is 0 Å². The largest absolute Gasteiger partial charge is 0.382 e. The highest BCUT2D eigenvalue weighted by atomic mass is 16.5. The van der Waals surface area contributed by atoms with Gasteiger partial charge in [0.1, 0.15) is 12.4 Å². The van der Waals surface area contributed by atoms with Crippen molar-refractivity contribution in [3.8, 4) is 0 Å². The molecule has 0 atom stereocenters. The van der Waals surface area contributed by atoms with Gasteiger partial charge in [-0.1, -0.05) is 19.3 Å². The highest BCUT2D eigenvalue weighted by Gasteiger charge is 2.20. The quantitative estimate of drug-likeness (QED) is 0.730. The van der Waals surface area contributed by atoms with Gasteiger partial charge < -0.3 is 9.47 Å². The highest BCUT2D eigenvalue weighted by Crippen LogP contribution is 2.28. The predicted molar refractivity (Wildman–Crippen MR) is 68.4 cm³/mol. The molecule has 2 rings (SSSR count). The first-order valence-corrected chi connectivity index (χ1v) is 6.80. The first-order valence-electron chi connectivity index (χ1n) is 6.80. The molecule has 0 amide bonds. The fraction of sp³-hybridized carbons (Fsp3) is 0.846. The highest BCUT2D eigenvalue weighted by molar-refractivity contribution is 4.92. The molecule has 1 aromatic rings. The Labute approximate surface area is 108 Å². The first-order chi connectivity index (χ1) is 8.81. The summed E-state index contributed by atoms with van der Waals surface area (Å²) in [5.74, 6) is 1.79.